The summed E-state index contributed by atoms with van der Waals surface area (Å²) in [6.07, 6.45) is -0.0605. The third kappa shape index (κ3) is 4.08. The molecule has 1 unspecified atom stereocenters. The van der Waals surface area contributed by atoms with Crippen molar-refractivity contribution >= 4 is 39.1 Å². The summed E-state index contributed by atoms with van der Waals surface area (Å²) in [6, 6.07) is 11.0. The second-order valence-electron chi connectivity index (χ2n) is 6.77. The van der Waals surface area contributed by atoms with E-state index in [1.54, 1.807) is 35.4 Å². The molecule has 0 spiro atoms. The van der Waals surface area contributed by atoms with Gasteiger partial charge in [-0.15, -0.1) is 11.3 Å². The van der Waals surface area contributed by atoms with E-state index in [0.29, 0.717) is 22.1 Å². The fourth-order valence-corrected chi connectivity index (χ4v) is 4.13. The molecule has 0 aliphatic rings. The predicted octanol–water partition coefficient (Wildman–Crippen LogP) is 5.58. The maximum Gasteiger partial charge on any atom is 0.254 e. The number of hydrogen-bond acceptors (Lipinski definition) is 5. The molecular formula is C21H23ClN2O3S. The van der Waals surface area contributed by atoms with Crippen LogP contribution in [0.2, 0.25) is 5.02 Å². The first kappa shape index (κ1) is 20.4. The van der Waals surface area contributed by atoms with Crippen molar-refractivity contribution in [1.82, 2.24) is 9.88 Å². The average Bonchev–Trinajstić information content (AvgIpc) is 3.11. The number of rotatable bonds is 6. The van der Waals surface area contributed by atoms with Crippen LogP contribution in [0.4, 0.5) is 0 Å². The van der Waals surface area contributed by atoms with Crippen molar-refractivity contribution in [2.45, 2.75) is 32.9 Å². The lowest BCUT2D eigenvalue weighted by Crippen LogP contribution is -2.29. The summed E-state index contributed by atoms with van der Waals surface area (Å²) in [5, 5.41) is 1.23. The van der Waals surface area contributed by atoms with Gasteiger partial charge >= 0.3 is 0 Å². The van der Waals surface area contributed by atoms with Crippen LogP contribution in [0.3, 0.4) is 0 Å². The van der Waals surface area contributed by atoms with E-state index in [2.05, 4.69) is 4.98 Å². The molecule has 1 aromatic heterocycles. The topological polar surface area (TPSA) is 51.7 Å². The highest BCUT2D eigenvalue weighted by molar-refractivity contribution is 7.18. The third-order valence-electron chi connectivity index (χ3n) is 4.40. The van der Waals surface area contributed by atoms with E-state index in [0.717, 1.165) is 15.2 Å². The zero-order valence-electron chi connectivity index (χ0n) is 16.5. The molecule has 0 saturated heterocycles. The average molecular weight is 419 g/mol. The molecule has 3 aromatic rings. The van der Waals surface area contributed by atoms with Crippen LogP contribution in [0.25, 0.3) is 10.2 Å². The summed E-state index contributed by atoms with van der Waals surface area (Å²) >= 11 is 7.96. The van der Waals surface area contributed by atoms with E-state index in [-0.39, 0.29) is 18.1 Å². The molecule has 3 rings (SSSR count). The Kier molecular flexibility index (Phi) is 6.10. The predicted molar refractivity (Wildman–Crippen MR) is 114 cm³/mol. The number of carbonyl (C=O) groups is 1. The fraction of sp³-hybridized carbons (Fsp3) is 0.333. The van der Waals surface area contributed by atoms with Gasteiger partial charge in [-0.2, -0.15) is 0 Å². The maximum absolute atomic E-state index is 13.1. The van der Waals surface area contributed by atoms with Crippen molar-refractivity contribution in [2.75, 3.05) is 14.2 Å². The fourth-order valence-electron chi connectivity index (χ4n) is 2.81. The number of benzene rings is 2. The zero-order valence-corrected chi connectivity index (χ0v) is 18.1. The largest absolute Gasteiger partial charge is 0.493 e. The molecule has 7 heteroatoms. The number of hydrogen-bond donors (Lipinski definition) is 0. The molecule has 0 saturated carbocycles. The van der Waals surface area contributed by atoms with Gasteiger partial charge in [0.25, 0.3) is 5.91 Å². The molecule has 1 atom stereocenters. The number of aromatic nitrogens is 1. The zero-order chi connectivity index (χ0) is 20.4. The van der Waals surface area contributed by atoms with Crippen molar-refractivity contribution < 1.29 is 14.3 Å². The first-order chi connectivity index (χ1) is 13.3. The lowest BCUT2D eigenvalue weighted by Gasteiger charge is -2.24. The molecule has 28 heavy (non-hydrogen) atoms. The van der Waals surface area contributed by atoms with Gasteiger partial charge in [0.1, 0.15) is 5.01 Å². The number of fused-ring (bicyclic) bond motifs is 1. The minimum atomic E-state index is -0.179. The van der Waals surface area contributed by atoms with Crippen molar-refractivity contribution in [3.63, 3.8) is 0 Å². The standard InChI is InChI=1S/C21H23ClN2O3S/c1-12(2)27-19-15(22)10-14(11-17(19)26-5)21(25)24(4)13(3)20-23-16-8-6-7-9-18(16)28-20/h6-13H,1-5H3. The monoisotopic (exact) mass is 418 g/mol. The maximum atomic E-state index is 13.1. The molecule has 2 aromatic carbocycles. The van der Waals surface area contributed by atoms with Gasteiger partial charge < -0.3 is 14.4 Å². The van der Waals surface area contributed by atoms with Crippen molar-refractivity contribution in [3.05, 3.63) is 52.0 Å². The molecule has 0 N–H and O–H groups in total. The van der Waals surface area contributed by atoms with Gasteiger partial charge in [-0.1, -0.05) is 23.7 Å². The summed E-state index contributed by atoms with van der Waals surface area (Å²) < 4.78 is 12.2. The summed E-state index contributed by atoms with van der Waals surface area (Å²) in [5.41, 5.74) is 1.38. The molecule has 148 valence electrons. The van der Waals surface area contributed by atoms with Crippen LogP contribution in [0.1, 0.15) is 42.2 Å². The van der Waals surface area contributed by atoms with Crippen molar-refractivity contribution in [3.8, 4) is 11.5 Å². The molecule has 0 aliphatic carbocycles. The van der Waals surface area contributed by atoms with E-state index in [1.165, 1.54) is 7.11 Å². The first-order valence-electron chi connectivity index (χ1n) is 8.98. The Morgan fingerprint density at radius 2 is 1.93 bits per heavy atom. The lowest BCUT2D eigenvalue weighted by molar-refractivity contribution is 0.0742. The van der Waals surface area contributed by atoms with Crippen LogP contribution < -0.4 is 9.47 Å². The van der Waals surface area contributed by atoms with Gasteiger partial charge in [0.15, 0.2) is 11.5 Å². The summed E-state index contributed by atoms with van der Waals surface area (Å²) in [6.45, 7) is 5.77. The van der Waals surface area contributed by atoms with Crippen LogP contribution >= 0.6 is 22.9 Å². The Labute approximate surface area is 173 Å². The van der Waals surface area contributed by atoms with Gasteiger partial charge in [0.2, 0.25) is 0 Å². The molecule has 1 heterocycles. The molecule has 1 amide bonds. The number of ether oxygens (including phenoxy) is 2. The van der Waals surface area contributed by atoms with Gasteiger partial charge in [-0.25, -0.2) is 4.98 Å². The number of carbonyl (C=O) groups excluding carboxylic acids is 1. The highest BCUT2D eigenvalue weighted by Crippen LogP contribution is 2.38. The molecule has 0 aliphatic heterocycles. The summed E-state index contributed by atoms with van der Waals surface area (Å²) in [7, 11) is 3.29. The van der Waals surface area contributed by atoms with Gasteiger partial charge in [0, 0.05) is 12.6 Å². The molecular weight excluding hydrogens is 396 g/mol. The van der Waals surface area contributed by atoms with Crippen LogP contribution in [0.15, 0.2) is 36.4 Å². The van der Waals surface area contributed by atoms with E-state index in [1.807, 2.05) is 45.0 Å². The normalized spacial score (nSPS) is 12.2. The van der Waals surface area contributed by atoms with Gasteiger partial charge in [-0.05, 0) is 45.0 Å². The number of methoxy groups -OCH3 is 1. The van der Waals surface area contributed by atoms with E-state index in [4.69, 9.17) is 21.1 Å². The smallest absolute Gasteiger partial charge is 0.254 e. The van der Waals surface area contributed by atoms with E-state index in [9.17, 15) is 4.79 Å². The highest BCUT2D eigenvalue weighted by Gasteiger charge is 2.24. The van der Waals surface area contributed by atoms with Crippen LogP contribution in [0, 0.1) is 0 Å². The van der Waals surface area contributed by atoms with Gasteiger partial charge in [0.05, 0.1) is 34.5 Å². The number of para-hydroxylation sites is 1. The third-order valence-corrected chi connectivity index (χ3v) is 5.89. The molecule has 0 bridgehead atoms. The number of amides is 1. The van der Waals surface area contributed by atoms with Gasteiger partial charge in [-0.3, -0.25) is 4.79 Å². The minimum absolute atomic E-state index is 0.0605. The van der Waals surface area contributed by atoms with E-state index < -0.39 is 0 Å². The lowest BCUT2D eigenvalue weighted by atomic mass is 10.1. The van der Waals surface area contributed by atoms with E-state index >= 15 is 0 Å². The Morgan fingerprint density at radius 1 is 1.21 bits per heavy atom. The van der Waals surface area contributed by atoms with Crippen molar-refractivity contribution in [1.29, 1.82) is 0 Å². The van der Waals surface area contributed by atoms with Crippen molar-refractivity contribution in [2.24, 2.45) is 0 Å². The summed E-state index contributed by atoms with van der Waals surface area (Å²) in [5.74, 6) is 0.714. The first-order valence-corrected chi connectivity index (χ1v) is 10.2. The summed E-state index contributed by atoms with van der Waals surface area (Å²) in [4.78, 5) is 19.4. The Morgan fingerprint density at radius 3 is 2.57 bits per heavy atom. The quantitative estimate of drug-likeness (QED) is 0.524. The second-order valence-corrected chi connectivity index (χ2v) is 8.24. The minimum Gasteiger partial charge on any atom is -0.493 e. The Hall–Kier alpha value is -2.31. The van der Waals surface area contributed by atoms with Crippen LogP contribution in [-0.2, 0) is 0 Å². The SMILES string of the molecule is COc1cc(C(=O)N(C)C(C)c2nc3ccccc3s2)cc(Cl)c1OC(C)C. The number of halogens is 1. The molecule has 0 fully saturated rings. The van der Waals surface area contributed by atoms with Crippen LogP contribution in [0.5, 0.6) is 11.5 Å². The Bertz CT molecular complexity index is 969. The second kappa shape index (κ2) is 8.37. The highest BCUT2D eigenvalue weighted by atomic mass is 35.5. The number of thiazole rings is 1. The molecule has 0 radical (unpaired) electrons. The molecule has 5 nitrogen and oxygen atoms in total. The number of nitrogens with zero attached hydrogens (tertiary/aromatic N) is 2. The van der Waals surface area contributed by atoms with Crippen LogP contribution in [-0.4, -0.2) is 36.1 Å². The Balaban J connectivity index is 1.88.